The second-order valence-corrected chi connectivity index (χ2v) is 4.39. The van der Waals surface area contributed by atoms with Gasteiger partial charge in [-0.05, 0) is 24.7 Å². The molecule has 2 rings (SSSR count). The van der Waals surface area contributed by atoms with E-state index < -0.39 is 0 Å². The summed E-state index contributed by atoms with van der Waals surface area (Å²) in [5.74, 6) is 1.17. The van der Waals surface area contributed by atoms with E-state index in [1.54, 1.807) is 6.07 Å². The highest BCUT2D eigenvalue weighted by Crippen LogP contribution is 2.38. The first-order valence-electron chi connectivity index (χ1n) is 4.24. The van der Waals surface area contributed by atoms with E-state index in [9.17, 15) is 4.79 Å². The lowest BCUT2D eigenvalue weighted by atomic mass is 10.2. The second-order valence-electron chi connectivity index (χ2n) is 3.08. The van der Waals surface area contributed by atoms with Gasteiger partial charge in [-0.25, -0.2) is 5.10 Å². The summed E-state index contributed by atoms with van der Waals surface area (Å²) in [4.78, 5) is 10.9. The zero-order chi connectivity index (χ0) is 9.26. The second kappa shape index (κ2) is 3.41. The number of nitrogen functional groups attached to an aromatic ring is 1. The molecule has 70 valence electrons. The molecule has 1 unspecified atom stereocenters. The summed E-state index contributed by atoms with van der Waals surface area (Å²) >= 11 is 1.87. The third-order valence-electron chi connectivity index (χ3n) is 2.11. The number of aromatic nitrogens is 2. The summed E-state index contributed by atoms with van der Waals surface area (Å²) < 4.78 is 0. The first-order chi connectivity index (χ1) is 6.27. The largest absolute Gasteiger partial charge is 0.394 e. The molecule has 1 aliphatic rings. The van der Waals surface area contributed by atoms with Gasteiger partial charge in [0.2, 0.25) is 0 Å². The smallest absolute Gasteiger partial charge is 0.287 e. The van der Waals surface area contributed by atoms with Crippen molar-refractivity contribution in [2.75, 3.05) is 11.5 Å². The highest BCUT2D eigenvalue weighted by Gasteiger charge is 2.19. The van der Waals surface area contributed by atoms with E-state index in [1.807, 2.05) is 11.8 Å². The summed E-state index contributed by atoms with van der Waals surface area (Å²) in [5, 5.41) is 6.80. The average Bonchev–Trinajstić information content (AvgIpc) is 2.62. The number of aromatic amines is 1. The van der Waals surface area contributed by atoms with Crippen LogP contribution >= 0.6 is 11.8 Å². The van der Waals surface area contributed by atoms with Gasteiger partial charge < -0.3 is 5.73 Å². The van der Waals surface area contributed by atoms with Crippen LogP contribution in [-0.2, 0) is 0 Å². The fourth-order valence-corrected chi connectivity index (χ4v) is 2.66. The number of nitrogens with zero attached hydrogens (tertiary/aromatic N) is 1. The van der Waals surface area contributed by atoms with Crippen LogP contribution in [0.1, 0.15) is 23.8 Å². The Hall–Kier alpha value is -0.970. The van der Waals surface area contributed by atoms with E-state index >= 15 is 0 Å². The van der Waals surface area contributed by atoms with E-state index in [0.29, 0.717) is 5.25 Å². The zero-order valence-corrected chi connectivity index (χ0v) is 7.93. The number of hydrogen-bond donors (Lipinski definition) is 2. The van der Waals surface area contributed by atoms with Crippen molar-refractivity contribution < 1.29 is 0 Å². The maximum Gasteiger partial charge on any atom is 0.287 e. The monoisotopic (exact) mass is 197 g/mol. The van der Waals surface area contributed by atoms with Crippen molar-refractivity contribution in [3.63, 3.8) is 0 Å². The number of nitrogens with one attached hydrogen (secondary N) is 1. The molecule has 3 N–H and O–H groups in total. The molecular formula is C8H11N3OS. The van der Waals surface area contributed by atoms with Crippen LogP contribution in [0.3, 0.4) is 0 Å². The zero-order valence-electron chi connectivity index (χ0n) is 7.12. The third kappa shape index (κ3) is 1.70. The maximum absolute atomic E-state index is 10.9. The molecule has 5 heteroatoms. The summed E-state index contributed by atoms with van der Waals surface area (Å²) in [7, 11) is 0. The van der Waals surface area contributed by atoms with Crippen molar-refractivity contribution in [1.29, 1.82) is 0 Å². The number of H-pyrrole nitrogens is 1. The third-order valence-corrected chi connectivity index (χ3v) is 3.52. The molecule has 1 atom stereocenters. The van der Waals surface area contributed by atoms with Crippen molar-refractivity contribution in [3.8, 4) is 0 Å². The minimum atomic E-state index is -0.299. The Morgan fingerprint density at radius 3 is 3.15 bits per heavy atom. The van der Waals surface area contributed by atoms with Gasteiger partial charge in [0.05, 0.1) is 5.69 Å². The Labute approximate surface area is 79.9 Å². The Morgan fingerprint density at radius 2 is 2.54 bits per heavy atom. The number of rotatable bonds is 1. The lowest BCUT2D eigenvalue weighted by Gasteiger charge is -2.06. The van der Waals surface area contributed by atoms with Gasteiger partial charge in [-0.15, -0.1) is 0 Å². The van der Waals surface area contributed by atoms with Crippen LogP contribution in [0, 0.1) is 0 Å². The van der Waals surface area contributed by atoms with Crippen molar-refractivity contribution in [1.82, 2.24) is 10.2 Å². The molecular weight excluding hydrogens is 186 g/mol. The summed E-state index contributed by atoms with van der Waals surface area (Å²) in [6.07, 6.45) is 2.35. The molecule has 1 fully saturated rings. The first-order valence-corrected chi connectivity index (χ1v) is 5.29. The molecule has 0 aliphatic carbocycles. The van der Waals surface area contributed by atoms with Gasteiger partial charge in [-0.2, -0.15) is 16.9 Å². The topological polar surface area (TPSA) is 71.8 Å². The molecule has 13 heavy (non-hydrogen) atoms. The number of thioether (sulfide) groups is 1. The highest BCUT2D eigenvalue weighted by atomic mass is 32.2. The van der Waals surface area contributed by atoms with Crippen molar-refractivity contribution in [3.05, 3.63) is 22.1 Å². The molecule has 0 aromatic carbocycles. The minimum absolute atomic E-state index is 0.262. The van der Waals surface area contributed by atoms with Gasteiger partial charge in [0.25, 0.3) is 5.56 Å². The van der Waals surface area contributed by atoms with Gasteiger partial charge in [0.15, 0.2) is 0 Å². The van der Waals surface area contributed by atoms with Crippen molar-refractivity contribution in [2.24, 2.45) is 0 Å². The van der Waals surface area contributed by atoms with Crippen LogP contribution in [-0.4, -0.2) is 16.0 Å². The molecule has 0 spiro atoms. The maximum atomic E-state index is 10.9. The minimum Gasteiger partial charge on any atom is -0.394 e. The van der Waals surface area contributed by atoms with Crippen LogP contribution in [0.2, 0.25) is 0 Å². The standard InChI is InChI=1S/C8H11N3OS/c9-5-4-6(10-11-8(5)12)7-2-1-3-13-7/h4,7H,1-3H2,(H2,9,10)(H,11,12). The van der Waals surface area contributed by atoms with Gasteiger partial charge in [0, 0.05) is 5.25 Å². The quantitative estimate of drug-likeness (QED) is 0.702. The van der Waals surface area contributed by atoms with Crippen LogP contribution in [0.25, 0.3) is 0 Å². The van der Waals surface area contributed by atoms with Crippen molar-refractivity contribution in [2.45, 2.75) is 18.1 Å². The molecule has 0 bridgehead atoms. The highest BCUT2D eigenvalue weighted by molar-refractivity contribution is 7.99. The molecule has 0 saturated carbocycles. The van der Waals surface area contributed by atoms with Crippen LogP contribution in [0.15, 0.2) is 10.9 Å². The van der Waals surface area contributed by atoms with E-state index in [-0.39, 0.29) is 11.2 Å². The molecule has 1 aliphatic heterocycles. The summed E-state index contributed by atoms with van der Waals surface area (Å²) in [5.41, 5.74) is 6.36. The molecule has 0 amide bonds. The molecule has 0 radical (unpaired) electrons. The van der Waals surface area contributed by atoms with E-state index in [2.05, 4.69) is 10.2 Å². The van der Waals surface area contributed by atoms with Gasteiger partial charge >= 0.3 is 0 Å². The van der Waals surface area contributed by atoms with Gasteiger partial charge in [-0.1, -0.05) is 0 Å². The summed E-state index contributed by atoms with van der Waals surface area (Å²) in [6, 6.07) is 1.68. The Kier molecular flexibility index (Phi) is 2.26. The molecule has 2 heterocycles. The van der Waals surface area contributed by atoms with Crippen LogP contribution < -0.4 is 11.3 Å². The predicted molar refractivity (Wildman–Crippen MR) is 53.7 cm³/mol. The van der Waals surface area contributed by atoms with Crippen molar-refractivity contribution >= 4 is 17.4 Å². The van der Waals surface area contributed by atoms with Crippen LogP contribution in [0.5, 0.6) is 0 Å². The predicted octanol–water partition coefficient (Wildman–Crippen LogP) is 0.920. The Morgan fingerprint density at radius 1 is 1.69 bits per heavy atom. The number of nitrogens with two attached hydrogens (primary N) is 1. The SMILES string of the molecule is Nc1cc(C2CCCS2)n[nH]c1=O. The van der Waals surface area contributed by atoms with Gasteiger partial charge in [0.1, 0.15) is 5.69 Å². The van der Waals surface area contributed by atoms with E-state index in [4.69, 9.17) is 5.73 Å². The lowest BCUT2D eigenvalue weighted by Crippen LogP contribution is -2.14. The average molecular weight is 197 g/mol. The molecule has 1 aromatic rings. The molecule has 1 saturated heterocycles. The Balaban J connectivity index is 2.30. The molecule has 4 nitrogen and oxygen atoms in total. The lowest BCUT2D eigenvalue weighted by molar-refractivity contribution is 0.780. The van der Waals surface area contributed by atoms with E-state index in [0.717, 1.165) is 12.1 Å². The normalized spacial score (nSPS) is 22.0. The number of anilines is 1. The number of hydrogen-bond acceptors (Lipinski definition) is 4. The fraction of sp³-hybridized carbons (Fsp3) is 0.500. The fourth-order valence-electron chi connectivity index (χ4n) is 1.41. The first kappa shape index (κ1) is 8.62. The van der Waals surface area contributed by atoms with E-state index in [1.165, 1.54) is 12.2 Å². The van der Waals surface area contributed by atoms with Gasteiger partial charge in [-0.3, -0.25) is 4.79 Å². The Bertz CT molecular complexity index is 357. The molecule has 1 aromatic heterocycles. The summed E-state index contributed by atoms with van der Waals surface area (Å²) in [6.45, 7) is 0. The van der Waals surface area contributed by atoms with Crippen LogP contribution in [0.4, 0.5) is 5.69 Å².